The first-order valence-electron chi connectivity index (χ1n) is 7.81. The van der Waals surface area contributed by atoms with Crippen molar-refractivity contribution in [2.24, 2.45) is 12.0 Å². The lowest BCUT2D eigenvalue weighted by Crippen LogP contribution is -2.39. The summed E-state index contributed by atoms with van der Waals surface area (Å²) in [5.41, 5.74) is 0.727. The minimum Gasteiger partial charge on any atom is -0.357 e. The first-order chi connectivity index (χ1) is 11.5. The van der Waals surface area contributed by atoms with Crippen LogP contribution >= 0.6 is 0 Å². The average Bonchev–Trinajstić information content (AvgIpc) is 2.97. The van der Waals surface area contributed by atoms with Crippen LogP contribution in [-0.4, -0.2) is 33.8 Å². The van der Waals surface area contributed by atoms with Crippen LogP contribution in [0.1, 0.15) is 31.2 Å². The van der Waals surface area contributed by atoms with Gasteiger partial charge in [-0.25, -0.2) is 13.8 Å². The topological polar surface area (TPSA) is 67.1 Å². The van der Waals surface area contributed by atoms with Gasteiger partial charge in [0.2, 0.25) is 0 Å². The average molecular weight is 336 g/mol. The summed E-state index contributed by atoms with van der Waals surface area (Å²) in [5, 5.41) is 14.1. The third kappa shape index (κ3) is 4.74. The molecule has 8 heteroatoms. The molecule has 0 unspecified atom stereocenters. The molecule has 0 bridgehead atoms. The summed E-state index contributed by atoms with van der Waals surface area (Å²) in [4.78, 5) is 4.45. The fraction of sp³-hybridized carbons (Fsp3) is 0.438. The molecular formula is C16H22F2N6. The Morgan fingerprint density at radius 3 is 2.71 bits per heavy atom. The number of aromatic nitrogens is 3. The standard InChI is InChI=1S/C16H22F2N6/c1-4-19-16(21-9-15-23-22-10-24(15)3)20-8-11(2)12-5-6-13(17)14(18)7-12/h5-7,10-11H,4,8-9H2,1-3H3,(H2,19,20,21)/t11-/m1/s1. The number of nitrogens with zero attached hydrogens (tertiary/aromatic N) is 4. The van der Waals surface area contributed by atoms with E-state index in [1.807, 2.05) is 20.9 Å². The van der Waals surface area contributed by atoms with Crippen LogP contribution in [-0.2, 0) is 13.6 Å². The van der Waals surface area contributed by atoms with E-state index in [1.54, 1.807) is 17.0 Å². The molecule has 1 heterocycles. The van der Waals surface area contributed by atoms with E-state index >= 15 is 0 Å². The second-order valence-corrected chi connectivity index (χ2v) is 5.51. The molecule has 1 aromatic carbocycles. The highest BCUT2D eigenvalue weighted by Crippen LogP contribution is 2.17. The summed E-state index contributed by atoms with van der Waals surface area (Å²) in [6, 6.07) is 3.97. The Kier molecular flexibility index (Phi) is 6.22. The lowest BCUT2D eigenvalue weighted by Gasteiger charge is -2.16. The van der Waals surface area contributed by atoms with Crippen molar-refractivity contribution in [3.63, 3.8) is 0 Å². The monoisotopic (exact) mass is 336 g/mol. The third-order valence-electron chi connectivity index (χ3n) is 3.62. The predicted molar refractivity (Wildman–Crippen MR) is 88.6 cm³/mol. The van der Waals surface area contributed by atoms with Gasteiger partial charge >= 0.3 is 0 Å². The molecule has 0 saturated heterocycles. The van der Waals surface area contributed by atoms with Gasteiger partial charge in [-0.05, 0) is 30.5 Å². The molecule has 0 amide bonds. The van der Waals surface area contributed by atoms with Gasteiger partial charge in [-0.15, -0.1) is 10.2 Å². The molecule has 0 aliphatic carbocycles. The first-order valence-corrected chi connectivity index (χ1v) is 7.81. The molecule has 0 fully saturated rings. The lowest BCUT2D eigenvalue weighted by molar-refractivity contribution is 0.505. The maximum atomic E-state index is 13.3. The van der Waals surface area contributed by atoms with E-state index in [0.717, 1.165) is 17.5 Å². The Labute approximate surface area is 140 Å². The minimum absolute atomic E-state index is 0.00113. The summed E-state index contributed by atoms with van der Waals surface area (Å²) in [6.45, 7) is 5.55. The van der Waals surface area contributed by atoms with Crippen LogP contribution in [0, 0.1) is 11.6 Å². The van der Waals surface area contributed by atoms with Crippen molar-refractivity contribution in [3.8, 4) is 0 Å². The second kappa shape index (κ2) is 8.37. The maximum Gasteiger partial charge on any atom is 0.191 e. The quantitative estimate of drug-likeness (QED) is 0.625. The highest BCUT2D eigenvalue weighted by atomic mass is 19.2. The molecular weight excluding hydrogens is 314 g/mol. The number of hydrogen-bond donors (Lipinski definition) is 2. The van der Waals surface area contributed by atoms with Crippen molar-refractivity contribution < 1.29 is 8.78 Å². The third-order valence-corrected chi connectivity index (χ3v) is 3.62. The van der Waals surface area contributed by atoms with Gasteiger partial charge in [0.25, 0.3) is 0 Å². The number of aryl methyl sites for hydroxylation is 1. The van der Waals surface area contributed by atoms with E-state index < -0.39 is 11.6 Å². The van der Waals surface area contributed by atoms with Crippen molar-refractivity contribution in [1.29, 1.82) is 0 Å². The minimum atomic E-state index is -0.836. The van der Waals surface area contributed by atoms with Crippen molar-refractivity contribution in [1.82, 2.24) is 25.4 Å². The zero-order valence-corrected chi connectivity index (χ0v) is 14.1. The van der Waals surface area contributed by atoms with Crippen molar-refractivity contribution in [2.75, 3.05) is 13.1 Å². The summed E-state index contributed by atoms with van der Waals surface area (Å²) in [6.07, 6.45) is 1.62. The Balaban J connectivity index is 1.97. The summed E-state index contributed by atoms with van der Waals surface area (Å²) in [5.74, 6) is -0.283. The van der Waals surface area contributed by atoms with Crippen molar-refractivity contribution in [2.45, 2.75) is 26.3 Å². The van der Waals surface area contributed by atoms with E-state index in [1.165, 1.54) is 6.07 Å². The van der Waals surface area contributed by atoms with Gasteiger partial charge in [-0.3, -0.25) is 0 Å². The predicted octanol–water partition coefficient (Wildman–Crippen LogP) is 1.95. The molecule has 130 valence electrons. The normalized spacial score (nSPS) is 13.0. The molecule has 0 radical (unpaired) electrons. The van der Waals surface area contributed by atoms with Gasteiger partial charge in [0, 0.05) is 20.1 Å². The fourth-order valence-electron chi connectivity index (χ4n) is 2.13. The molecule has 0 aliphatic heterocycles. The molecule has 1 atom stereocenters. The van der Waals surface area contributed by atoms with Gasteiger partial charge in [0.1, 0.15) is 12.9 Å². The number of guanidine groups is 1. The van der Waals surface area contributed by atoms with Crippen molar-refractivity contribution in [3.05, 3.63) is 47.5 Å². The number of aliphatic imine (C=N–C) groups is 1. The van der Waals surface area contributed by atoms with Gasteiger partial charge in [0.05, 0.1) is 0 Å². The van der Waals surface area contributed by atoms with Crippen LogP contribution in [0.2, 0.25) is 0 Å². The smallest absolute Gasteiger partial charge is 0.191 e. The molecule has 1 aromatic heterocycles. The van der Waals surface area contributed by atoms with E-state index in [0.29, 0.717) is 25.6 Å². The Morgan fingerprint density at radius 2 is 2.08 bits per heavy atom. The number of hydrogen-bond acceptors (Lipinski definition) is 3. The largest absolute Gasteiger partial charge is 0.357 e. The number of benzene rings is 1. The zero-order chi connectivity index (χ0) is 17.5. The number of halogens is 2. The second-order valence-electron chi connectivity index (χ2n) is 5.51. The van der Waals surface area contributed by atoms with Gasteiger partial charge in [-0.2, -0.15) is 0 Å². The lowest BCUT2D eigenvalue weighted by atomic mass is 10.0. The van der Waals surface area contributed by atoms with Gasteiger partial charge < -0.3 is 15.2 Å². The fourth-order valence-corrected chi connectivity index (χ4v) is 2.13. The summed E-state index contributed by atoms with van der Waals surface area (Å²) < 4.78 is 28.1. The zero-order valence-electron chi connectivity index (χ0n) is 14.1. The SMILES string of the molecule is CCNC(=NCc1nncn1C)NC[C@@H](C)c1ccc(F)c(F)c1. The Hall–Kier alpha value is -2.51. The van der Waals surface area contributed by atoms with Gasteiger partial charge in [0.15, 0.2) is 23.4 Å². The molecule has 2 N–H and O–H groups in total. The van der Waals surface area contributed by atoms with E-state index in [-0.39, 0.29) is 5.92 Å². The molecule has 0 saturated carbocycles. The van der Waals surface area contributed by atoms with Crippen LogP contribution in [0.15, 0.2) is 29.5 Å². The van der Waals surface area contributed by atoms with Crippen LogP contribution in [0.4, 0.5) is 8.78 Å². The van der Waals surface area contributed by atoms with Crippen LogP contribution in [0.5, 0.6) is 0 Å². The maximum absolute atomic E-state index is 13.3. The van der Waals surface area contributed by atoms with E-state index in [4.69, 9.17) is 0 Å². The molecule has 0 spiro atoms. The summed E-state index contributed by atoms with van der Waals surface area (Å²) in [7, 11) is 1.86. The molecule has 24 heavy (non-hydrogen) atoms. The molecule has 2 rings (SSSR count). The van der Waals surface area contributed by atoms with Crippen LogP contribution < -0.4 is 10.6 Å². The van der Waals surface area contributed by atoms with Crippen LogP contribution in [0.25, 0.3) is 0 Å². The van der Waals surface area contributed by atoms with Crippen LogP contribution in [0.3, 0.4) is 0 Å². The number of rotatable bonds is 6. The first kappa shape index (κ1) is 17.8. The Morgan fingerprint density at radius 1 is 1.29 bits per heavy atom. The number of nitrogens with one attached hydrogen (secondary N) is 2. The van der Waals surface area contributed by atoms with E-state index in [2.05, 4.69) is 25.8 Å². The molecule has 0 aliphatic rings. The van der Waals surface area contributed by atoms with E-state index in [9.17, 15) is 8.78 Å². The Bertz CT molecular complexity index is 698. The highest BCUT2D eigenvalue weighted by Gasteiger charge is 2.10. The highest BCUT2D eigenvalue weighted by molar-refractivity contribution is 5.79. The summed E-state index contributed by atoms with van der Waals surface area (Å²) >= 11 is 0. The molecule has 6 nitrogen and oxygen atoms in total. The van der Waals surface area contributed by atoms with Crippen molar-refractivity contribution >= 4 is 5.96 Å². The molecule has 2 aromatic rings. The van der Waals surface area contributed by atoms with Gasteiger partial charge in [-0.1, -0.05) is 13.0 Å².